The second kappa shape index (κ2) is 14.7. The molecule has 0 amide bonds. The van der Waals surface area contributed by atoms with Crippen LogP contribution in [0.2, 0.25) is 0 Å². The molecule has 0 aromatic carbocycles. The van der Waals surface area contributed by atoms with E-state index in [0.717, 1.165) is 31.9 Å². The van der Waals surface area contributed by atoms with Crippen molar-refractivity contribution in [2.75, 3.05) is 26.2 Å². The van der Waals surface area contributed by atoms with Crippen LogP contribution in [0.15, 0.2) is 17.1 Å². The van der Waals surface area contributed by atoms with Crippen molar-refractivity contribution in [1.82, 2.24) is 4.90 Å². The summed E-state index contributed by atoms with van der Waals surface area (Å²) in [5, 5.41) is 9.01. The topological polar surface area (TPSA) is 35.8 Å². The molecule has 0 saturated carbocycles. The van der Waals surface area contributed by atoms with Crippen molar-refractivity contribution in [3.63, 3.8) is 0 Å². The summed E-state index contributed by atoms with van der Waals surface area (Å²) in [6.45, 7) is 5.09. The first-order chi connectivity index (χ1) is 11.4. The van der Waals surface area contributed by atoms with Gasteiger partial charge >= 0.3 is 0 Å². The van der Waals surface area contributed by atoms with Gasteiger partial charge in [-0.05, 0) is 12.8 Å². The molecule has 1 aliphatic heterocycles. The Morgan fingerprint density at radius 2 is 1.61 bits per heavy atom. The van der Waals surface area contributed by atoms with Crippen molar-refractivity contribution in [2.45, 2.75) is 84.0 Å². The lowest BCUT2D eigenvalue weighted by atomic mass is 10.1. The number of nitrogens with zero attached hydrogens (tertiary/aromatic N) is 2. The van der Waals surface area contributed by atoms with Crippen LogP contribution >= 0.6 is 0 Å². The largest absolute Gasteiger partial charge is 0.395 e. The lowest BCUT2D eigenvalue weighted by molar-refractivity contribution is 0.255. The van der Waals surface area contributed by atoms with Crippen LogP contribution in [-0.2, 0) is 0 Å². The van der Waals surface area contributed by atoms with E-state index in [0.29, 0.717) is 0 Å². The molecule has 0 bridgehead atoms. The highest BCUT2D eigenvalue weighted by molar-refractivity contribution is 5.85. The molecule has 0 aromatic heterocycles. The smallest absolute Gasteiger partial charge is 0.103 e. The van der Waals surface area contributed by atoms with Crippen LogP contribution in [0.1, 0.15) is 84.0 Å². The Balaban J connectivity index is 1.87. The predicted octanol–water partition coefficient (Wildman–Crippen LogP) is 4.95. The molecule has 0 aromatic rings. The van der Waals surface area contributed by atoms with Crippen LogP contribution in [0.25, 0.3) is 0 Å². The van der Waals surface area contributed by atoms with Gasteiger partial charge in [0.1, 0.15) is 5.84 Å². The van der Waals surface area contributed by atoms with Crippen molar-refractivity contribution in [3.8, 4) is 0 Å². The fourth-order valence-electron chi connectivity index (χ4n) is 3.14. The summed E-state index contributed by atoms with van der Waals surface area (Å²) in [6.07, 6.45) is 20.7. The summed E-state index contributed by atoms with van der Waals surface area (Å²) in [7, 11) is 0. The predicted molar refractivity (Wildman–Crippen MR) is 101 cm³/mol. The first kappa shape index (κ1) is 20.2. The number of aliphatic hydroxyl groups excluding tert-OH is 1. The number of aliphatic hydroxyl groups is 1. The van der Waals surface area contributed by atoms with Gasteiger partial charge in [-0.1, -0.05) is 76.9 Å². The van der Waals surface area contributed by atoms with E-state index in [4.69, 9.17) is 5.11 Å². The van der Waals surface area contributed by atoms with Gasteiger partial charge in [-0.15, -0.1) is 0 Å². The number of hydrogen-bond donors (Lipinski definition) is 1. The van der Waals surface area contributed by atoms with E-state index in [9.17, 15) is 0 Å². The van der Waals surface area contributed by atoms with Gasteiger partial charge < -0.3 is 10.0 Å². The highest BCUT2D eigenvalue weighted by Crippen LogP contribution is 2.12. The summed E-state index contributed by atoms with van der Waals surface area (Å²) in [5.41, 5.74) is 0. The van der Waals surface area contributed by atoms with Crippen molar-refractivity contribution in [1.29, 1.82) is 0 Å². The molecular formula is C20H38N2O. The second-order valence-corrected chi connectivity index (χ2v) is 6.65. The average molecular weight is 323 g/mol. The lowest BCUT2D eigenvalue weighted by Gasteiger charge is -2.17. The Morgan fingerprint density at radius 3 is 2.26 bits per heavy atom. The van der Waals surface area contributed by atoms with Crippen LogP contribution in [0.5, 0.6) is 0 Å². The Kier molecular flexibility index (Phi) is 13.0. The first-order valence-electron chi connectivity index (χ1n) is 9.92. The minimum atomic E-state index is 0.224. The van der Waals surface area contributed by atoms with Gasteiger partial charge in [0.05, 0.1) is 13.2 Å². The maximum Gasteiger partial charge on any atom is 0.103 e. The van der Waals surface area contributed by atoms with Crippen LogP contribution in [0, 0.1) is 0 Å². The normalized spacial score (nSPS) is 14.9. The molecule has 3 nitrogen and oxygen atoms in total. The van der Waals surface area contributed by atoms with Crippen molar-refractivity contribution in [3.05, 3.63) is 12.2 Å². The maximum absolute atomic E-state index is 9.01. The number of amidine groups is 1. The number of aliphatic imine (C=N–C) groups is 1. The molecule has 1 N–H and O–H groups in total. The SMILES string of the molecule is CCCCCCCCCCCC/C=C/CC1=NCCN1CCO. The molecule has 0 fully saturated rings. The molecule has 0 aliphatic carbocycles. The van der Waals surface area contributed by atoms with E-state index in [2.05, 4.69) is 29.0 Å². The highest BCUT2D eigenvalue weighted by atomic mass is 16.3. The Bertz CT molecular complexity index is 326. The van der Waals surface area contributed by atoms with Gasteiger partial charge in [-0.3, -0.25) is 4.99 Å². The van der Waals surface area contributed by atoms with E-state index in [1.165, 1.54) is 70.6 Å². The van der Waals surface area contributed by atoms with Crippen molar-refractivity contribution >= 4 is 5.84 Å². The Hall–Kier alpha value is -0.830. The van der Waals surface area contributed by atoms with Crippen molar-refractivity contribution in [2.24, 2.45) is 4.99 Å². The van der Waals surface area contributed by atoms with Gasteiger partial charge in [0, 0.05) is 19.5 Å². The summed E-state index contributed by atoms with van der Waals surface area (Å²) < 4.78 is 0. The molecular weight excluding hydrogens is 284 g/mol. The van der Waals surface area contributed by atoms with Gasteiger partial charge in [0.25, 0.3) is 0 Å². The summed E-state index contributed by atoms with van der Waals surface area (Å²) >= 11 is 0. The highest BCUT2D eigenvalue weighted by Gasteiger charge is 2.13. The fourth-order valence-corrected chi connectivity index (χ4v) is 3.14. The zero-order chi connectivity index (χ0) is 16.6. The van der Waals surface area contributed by atoms with Crippen LogP contribution < -0.4 is 0 Å². The standard InChI is InChI=1S/C20H38N2O/c1-2-3-4-5-6-7-8-9-10-11-12-13-14-15-20-21-16-17-22(20)18-19-23/h13-14,23H,2-12,15-19H2,1H3/b14-13+. The van der Waals surface area contributed by atoms with E-state index < -0.39 is 0 Å². The van der Waals surface area contributed by atoms with E-state index in [1.54, 1.807) is 0 Å². The molecule has 0 unspecified atom stereocenters. The van der Waals surface area contributed by atoms with Gasteiger partial charge in [-0.2, -0.15) is 0 Å². The van der Waals surface area contributed by atoms with Crippen molar-refractivity contribution < 1.29 is 5.11 Å². The number of rotatable bonds is 15. The summed E-state index contributed by atoms with van der Waals surface area (Å²) in [5.74, 6) is 1.15. The number of β-amino-alcohol motifs (C(OH)–C–C–N with tert-alkyl or cyclic N) is 1. The average Bonchev–Trinajstić information content (AvgIpc) is 2.99. The minimum Gasteiger partial charge on any atom is -0.395 e. The third kappa shape index (κ3) is 10.5. The van der Waals surface area contributed by atoms with Crippen LogP contribution in [-0.4, -0.2) is 42.1 Å². The summed E-state index contributed by atoms with van der Waals surface area (Å²) in [4.78, 5) is 6.71. The third-order valence-electron chi connectivity index (χ3n) is 4.59. The molecule has 0 spiro atoms. The first-order valence-corrected chi connectivity index (χ1v) is 9.92. The monoisotopic (exact) mass is 322 g/mol. The number of hydrogen-bond acceptors (Lipinski definition) is 3. The molecule has 0 atom stereocenters. The van der Waals surface area contributed by atoms with E-state index >= 15 is 0 Å². The molecule has 0 radical (unpaired) electrons. The Morgan fingerprint density at radius 1 is 0.957 bits per heavy atom. The van der Waals surface area contributed by atoms with Gasteiger partial charge in [0.15, 0.2) is 0 Å². The fraction of sp³-hybridized carbons (Fsp3) is 0.850. The minimum absolute atomic E-state index is 0.224. The molecule has 3 heteroatoms. The zero-order valence-electron chi connectivity index (χ0n) is 15.3. The molecule has 0 saturated heterocycles. The van der Waals surface area contributed by atoms with Crippen LogP contribution in [0.3, 0.4) is 0 Å². The zero-order valence-corrected chi connectivity index (χ0v) is 15.3. The van der Waals surface area contributed by atoms with Crippen LogP contribution in [0.4, 0.5) is 0 Å². The summed E-state index contributed by atoms with van der Waals surface area (Å²) in [6, 6.07) is 0. The van der Waals surface area contributed by atoms with E-state index in [-0.39, 0.29) is 6.61 Å². The molecule has 23 heavy (non-hydrogen) atoms. The number of allylic oxidation sites excluding steroid dienone is 1. The Labute approximate surface area is 143 Å². The van der Waals surface area contributed by atoms with Gasteiger partial charge in [-0.25, -0.2) is 0 Å². The third-order valence-corrected chi connectivity index (χ3v) is 4.59. The molecule has 1 heterocycles. The van der Waals surface area contributed by atoms with Gasteiger partial charge in [0.2, 0.25) is 0 Å². The second-order valence-electron chi connectivity index (χ2n) is 6.65. The molecule has 1 rings (SSSR count). The van der Waals surface area contributed by atoms with E-state index in [1.807, 2.05) is 0 Å². The lowest BCUT2D eigenvalue weighted by Crippen LogP contribution is -2.30. The quantitative estimate of drug-likeness (QED) is 0.342. The maximum atomic E-state index is 9.01. The molecule has 1 aliphatic rings. The molecule has 134 valence electrons. The number of unbranched alkanes of at least 4 members (excludes halogenated alkanes) is 10.